The van der Waals surface area contributed by atoms with Crippen LogP contribution in [0.5, 0.6) is 5.75 Å². The second kappa shape index (κ2) is 5.31. The molecule has 0 amide bonds. The number of nitrogens with one attached hydrogen (secondary N) is 1. The number of benzene rings is 1. The summed E-state index contributed by atoms with van der Waals surface area (Å²) in [5.74, 6) is -0.655. The minimum Gasteiger partial charge on any atom is -0.424 e. The lowest BCUT2D eigenvalue weighted by Gasteiger charge is -2.02. The third-order valence-electron chi connectivity index (χ3n) is 2.81. The molecule has 0 spiro atoms. The molecule has 3 aromatic rings. The monoisotopic (exact) mass is 320 g/mol. The fraction of sp³-hybridized carbons (Fsp3) is 0.0714. The number of aromatic amines is 1. The fourth-order valence-corrected chi connectivity index (χ4v) is 2.75. The molecule has 0 bridgehead atoms. The molecule has 5 nitrogen and oxygen atoms in total. The summed E-state index contributed by atoms with van der Waals surface area (Å²) in [5.41, 5.74) is 0.855. The van der Waals surface area contributed by atoms with Gasteiger partial charge in [-0.25, -0.2) is 4.98 Å². The van der Waals surface area contributed by atoms with E-state index in [4.69, 9.17) is 16.3 Å². The standard InChI is InChI=1S/C14H9ClN2O3S/c1-7(18)20-13-9-6-8(15)2-3-10(9)17-11(13)12(19)14-16-4-5-21-14/h2-6,17H,1H3. The summed E-state index contributed by atoms with van der Waals surface area (Å²) >= 11 is 7.19. The van der Waals surface area contributed by atoms with Gasteiger partial charge in [0.1, 0.15) is 5.69 Å². The summed E-state index contributed by atoms with van der Waals surface area (Å²) in [5, 5.41) is 3.10. The first-order valence-electron chi connectivity index (χ1n) is 6.00. The van der Waals surface area contributed by atoms with Gasteiger partial charge in [0.2, 0.25) is 5.78 Å². The number of nitrogens with zero attached hydrogens (tertiary/aromatic N) is 1. The second-order valence-electron chi connectivity index (χ2n) is 4.28. The molecule has 0 aliphatic rings. The largest absolute Gasteiger partial charge is 0.424 e. The van der Waals surface area contributed by atoms with Gasteiger partial charge >= 0.3 is 5.97 Å². The third kappa shape index (κ3) is 2.55. The number of carbonyl (C=O) groups excluding carboxylic acids is 2. The van der Waals surface area contributed by atoms with Crippen molar-refractivity contribution in [1.82, 2.24) is 9.97 Å². The smallest absolute Gasteiger partial charge is 0.308 e. The summed E-state index contributed by atoms with van der Waals surface area (Å²) in [4.78, 5) is 30.7. The van der Waals surface area contributed by atoms with Crippen molar-refractivity contribution < 1.29 is 14.3 Å². The van der Waals surface area contributed by atoms with Gasteiger partial charge in [-0.3, -0.25) is 9.59 Å². The molecular formula is C14H9ClN2O3S. The minimum absolute atomic E-state index is 0.181. The molecule has 0 fully saturated rings. The number of hydrogen-bond acceptors (Lipinski definition) is 5. The number of fused-ring (bicyclic) bond motifs is 1. The maximum Gasteiger partial charge on any atom is 0.308 e. The number of thiazole rings is 1. The molecule has 21 heavy (non-hydrogen) atoms. The zero-order chi connectivity index (χ0) is 15.0. The SMILES string of the molecule is CC(=O)Oc1c(C(=O)c2nccs2)[nH]c2ccc(Cl)cc12. The predicted octanol–water partition coefficient (Wildman–Crippen LogP) is 3.43. The maximum absolute atomic E-state index is 12.5. The maximum atomic E-state index is 12.5. The first kappa shape index (κ1) is 13.8. The summed E-state index contributed by atoms with van der Waals surface area (Å²) < 4.78 is 5.20. The molecule has 0 unspecified atom stereocenters. The van der Waals surface area contributed by atoms with Gasteiger partial charge in [0, 0.05) is 34.4 Å². The van der Waals surface area contributed by atoms with Gasteiger partial charge in [0.05, 0.1) is 0 Å². The van der Waals surface area contributed by atoms with Crippen molar-refractivity contribution in [2.45, 2.75) is 6.92 Å². The molecule has 0 atom stereocenters. The van der Waals surface area contributed by atoms with Gasteiger partial charge in [-0.2, -0.15) is 0 Å². The summed E-state index contributed by atoms with van der Waals surface area (Å²) in [7, 11) is 0. The number of ether oxygens (including phenoxy) is 1. The number of esters is 1. The molecule has 1 N–H and O–H groups in total. The summed E-state index contributed by atoms with van der Waals surface area (Å²) in [6.45, 7) is 1.28. The molecule has 7 heteroatoms. The zero-order valence-electron chi connectivity index (χ0n) is 10.8. The van der Waals surface area contributed by atoms with Crippen molar-refractivity contribution in [2.75, 3.05) is 0 Å². The number of rotatable bonds is 3. The van der Waals surface area contributed by atoms with Crippen molar-refractivity contribution in [3.8, 4) is 5.75 Å². The number of H-pyrrole nitrogens is 1. The van der Waals surface area contributed by atoms with E-state index >= 15 is 0 Å². The van der Waals surface area contributed by atoms with Crippen LogP contribution in [-0.4, -0.2) is 21.7 Å². The lowest BCUT2D eigenvalue weighted by Crippen LogP contribution is -2.07. The highest BCUT2D eigenvalue weighted by Gasteiger charge is 2.23. The van der Waals surface area contributed by atoms with Crippen molar-refractivity contribution in [3.05, 3.63) is 45.5 Å². The van der Waals surface area contributed by atoms with Crippen LogP contribution < -0.4 is 4.74 Å². The minimum atomic E-state index is -0.510. The van der Waals surface area contributed by atoms with Crippen LogP contribution in [0.1, 0.15) is 22.4 Å². The first-order chi connectivity index (χ1) is 10.1. The molecule has 1 aromatic carbocycles. The summed E-state index contributed by atoms with van der Waals surface area (Å²) in [6.07, 6.45) is 1.54. The van der Waals surface area contributed by atoms with E-state index in [1.54, 1.807) is 29.8 Å². The zero-order valence-corrected chi connectivity index (χ0v) is 12.4. The molecule has 0 saturated heterocycles. The summed E-state index contributed by atoms with van der Waals surface area (Å²) in [6, 6.07) is 5.06. The predicted molar refractivity (Wildman–Crippen MR) is 80.2 cm³/mol. The molecule has 3 rings (SSSR count). The van der Waals surface area contributed by atoms with Crippen LogP contribution in [0.25, 0.3) is 10.9 Å². The van der Waals surface area contributed by atoms with Crippen LogP contribution in [0.2, 0.25) is 5.02 Å². The van der Waals surface area contributed by atoms with E-state index < -0.39 is 5.97 Å². The second-order valence-corrected chi connectivity index (χ2v) is 5.61. The molecule has 0 saturated carbocycles. The molecule has 0 aliphatic heterocycles. The van der Waals surface area contributed by atoms with Gasteiger partial charge in [0.25, 0.3) is 0 Å². The number of carbonyl (C=O) groups is 2. The molecule has 0 radical (unpaired) electrons. The van der Waals surface area contributed by atoms with Crippen LogP contribution in [0.15, 0.2) is 29.8 Å². The lowest BCUT2D eigenvalue weighted by molar-refractivity contribution is -0.131. The van der Waals surface area contributed by atoms with E-state index in [0.29, 0.717) is 20.9 Å². The quantitative estimate of drug-likeness (QED) is 0.592. The average molecular weight is 321 g/mol. The first-order valence-corrected chi connectivity index (χ1v) is 7.26. The van der Waals surface area contributed by atoms with Crippen LogP contribution in [0.3, 0.4) is 0 Å². The van der Waals surface area contributed by atoms with E-state index in [1.807, 2.05) is 0 Å². The molecule has 106 valence electrons. The van der Waals surface area contributed by atoms with Gasteiger partial charge in [0.15, 0.2) is 10.8 Å². The van der Waals surface area contributed by atoms with Crippen molar-refractivity contribution >= 4 is 45.6 Å². The van der Waals surface area contributed by atoms with Crippen molar-refractivity contribution in [3.63, 3.8) is 0 Å². The van der Waals surface area contributed by atoms with Crippen molar-refractivity contribution in [2.24, 2.45) is 0 Å². The van der Waals surface area contributed by atoms with Gasteiger partial charge in [-0.15, -0.1) is 11.3 Å². The Morgan fingerprint density at radius 1 is 1.38 bits per heavy atom. The molecule has 2 aromatic heterocycles. The van der Waals surface area contributed by atoms with Crippen molar-refractivity contribution in [1.29, 1.82) is 0 Å². The van der Waals surface area contributed by atoms with E-state index in [-0.39, 0.29) is 17.2 Å². The Hall–Kier alpha value is -2.18. The number of hydrogen-bond donors (Lipinski definition) is 1. The highest BCUT2D eigenvalue weighted by atomic mass is 35.5. The third-order valence-corrected chi connectivity index (χ3v) is 3.82. The van der Waals surface area contributed by atoms with Crippen LogP contribution in [0, 0.1) is 0 Å². The Kier molecular flexibility index (Phi) is 3.48. The average Bonchev–Trinajstić information content (AvgIpc) is 3.06. The Morgan fingerprint density at radius 3 is 2.86 bits per heavy atom. The van der Waals surface area contributed by atoms with Crippen LogP contribution >= 0.6 is 22.9 Å². The molecular weight excluding hydrogens is 312 g/mol. The Labute approximate surface area is 128 Å². The lowest BCUT2D eigenvalue weighted by atomic mass is 10.2. The fourth-order valence-electron chi connectivity index (χ4n) is 1.99. The van der Waals surface area contributed by atoms with E-state index in [0.717, 1.165) is 0 Å². The topological polar surface area (TPSA) is 72.1 Å². The highest BCUT2D eigenvalue weighted by molar-refractivity contribution is 7.11. The number of ketones is 1. The van der Waals surface area contributed by atoms with Crippen LogP contribution in [0.4, 0.5) is 0 Å². The highest BCUT2D eigenvalue weighted by Crippen LogP contribution is 2.33. The molecule has 0 aliphatic carbocycles. The Bertz CT molecular complexity index is 839. The Balaban J connectivity index is 2.21. The molecule has 2 heterocycles. The van der Waals surface area contributed by atoms with Crippen LogP contribution in [-0.2, 0) is 4.79 Å². The van der Waals surface area contributed by atoms with Gasteiger partial charge in [-0.05, 0) is 18.2 Å². The van der Waals surface area contributed by atoms with E-state index in [2.05, 4.69) is 9.97 Å². The normalized spacial score (nSPS) is 10.8. The van der Waals surface area contributed by atoms with Gasteiger partial charge in [-0.1, -0.05) is 11.6 Å². The number of aromatic nitrogens is 2. The number of halogens is 1. The van der Waals surface area contributed by atoms with E-state index in [9.17, 15) is 9.59 Å². The van der Waals surface area contributed by atoms with Gasteiger partial charge < -0.3 is 9.72 Å². The van der Waals surface area contributed by atoms with E-state index in [1.165, 1.54) is 18.3 Å². The Morgan fingerprint density at radius 2 is 2.19 bits per heavy atom.